The summed E-state index contributed by atoms with van der Waals surface area (Å²) in [5.41, 5.74) is 13.8. The van der Waals surface area contributed by atoms with Gasteiger partial charge in [0.15, 0.2) is 0 Å². The van der Waals surface area contributed by atoms with E-state index < -0.39 is 11.7 Å². The van der Waals surface area contributed by atoms with Crippen LogP contribution >= 0.6 is 0 Å². The smallest absolute Gasteiger partial charge is 0.412 e. The van der Waals surface area contributed by atoms with Crippen LogP contribution in [-0.4, -0.2) is 16.6 Å². The van der Waals surface area contributed by atoms with Gasteiger partial charge in [-0.25, -0.2) is 5.48 Å². The van der Waals surface area contributed by atoms with Crippen LogP contribution in [0, 0.1) is 0 Å². The van der Waals surface area contributed by atoms with Gasteiger partial charge in [0.2, 0.25) is 5.91 Å². The summed E-state index contributed by atoms with van der Waals surface area (Å²) in [5, 5.41) is 8.28. The fourth-order valence-corrected chi connectivity index (χ4v) is 2.12. The van der Waals surface area contributed by atoms with E-state index in [0.29, 0.717) is 17.7 Å². The van der Waals surface area contributed by atoms with Gasteiger partial charge in [0.25, 0.3) is 0 Å². The van der Waals surface area contributed by atoms with E-state index in [2.05, 4.69) is 0 Å². The largest absolute Gasteiger partial charge is 0.416 e. The van der Waals surface area contributed by atoms with E-state index in [1.165, 1.54) is 17.7 Å². The van der Waals surface area contributed by atoms with Gasteiger partial charge in [-0.15, -0.1) is 0 Å². The number of hydroxylamine groups is 1. The van der Waals surface area contributed by atoms with Crippen molar-refractivity contribution in [3.63, 3.8) is 0 Å². The van der Waals surface area contributed by atoms with Gasteiger partial charge >= 0.3 is 6.18 Å². The number of nitrogens with two attached hydrogens (primary N) is 2. The number of primary amides is 1. The van der Waals surface area contributed by atoms with Crippen molar-refractivity contribution in [1.82, 2.24) is 5.48 Å². The van der Waals surface area contributed by atoms with Gasteiger partial charge in [-0.3, -0.25) is 4.79 Å². The number of hydrogen-bond acceptors (Lipinski definition) is 4. The first kappa shape index (κ1) is 27.8. The second-order valence-electron chi connectivity index (χ2n) is 5.95. The molecule has 8 N–H and O–H groups in total. The number of halogens is 3. The Morgan fingerprint density at radius 2 is 1.32 bits per heavy atom. The molecular formula is C22H26F3N3O3. The number of amides is 1. The number of benzene rings is 3. The third-order valence-electron chi connectivity index (χ3n) is 3.70. The molecule has 0 bridgehead atoms. The summed E-state index contributed by atoms with van der Waals surface area (Å²) in [4.78, 5) is 10.4. The molecule has 168 valence electrons. The summed E-state index contributed by atoms with van der Waals surface area (Å²) >= 11 is 0. The van der Waals surface area contributed by atoms with Crippen LogP contribution in [-0.2, 0) is 19.3 Å². The SMILES string of the molecule is NC(=O)c1ccccc1.NCc1ccccc1.O.ONCc1ccc(C(F)(F)F)cc1. The lowest BCUT2D eigenvalue weighted by Crippen LogP contribution is -2.09. The Kier molecular flexibility index (Phi) is 13.2. The van der Waals surface area contributed by atoms with Crippen LogP contribution in [0.1, 0.15) is 27.0 Å². The third kappa shape index (κ3) is 11.5. The molecule has 0 saturated heterocycles. The minimum Gasteiger partial charge on any atom is -0.412 e. The summed E-state index contributed by atoms with van der Waals surface area (Å²) in [6.07, 6.45) is -4.30. The molecule has 0 fully saturated rings. The number of carbonyl (C=O) groups excluding carboxylic acids is 1. The second kappa shape index (κ2) is 14.7. The second-order valence-corrected chi connectivity index (χ2v) is 5.95. The fraction of sp³-hybridized carbons (Fsp3) is 0.136. The van der Waals surface area contributed by atoms with Crippen LogP contribution in [0.4, 0.5) is 13.2 Å². The van der Waals surface area contributed by atoms with Crippen molar-refractivity contribution >= 4 is 5.91 Å². The first-order valence-corrected chi connectivity index (χ1v) is 8.89. The van der Waals surface area contributed by atoms with Crippen molar-refractivity contribution in [1.29, 1.82) is 0 Å². The van der Waals surface area contributed by atoms with Crippen LogP contribution in [0.5, 0.6) is 0 Å². The van der Waals surface area contributed by atoms with Crippen molar-refractivity contribution in [2.45, 2.75) is 19.3 Å². The van der Waals surface area contributed by atoms with Crippen molar-refractivity contribution in [2.24, 2.45) is 11.5 Å². The molecule has 0 spiro atoms. The Labute approximate surface area is 178 Å². The average molecular weight is 437 g/mol. The highest BCUT2D eigenvalue weighted by molar-refractivity contribution is 5.92. The molecule has 0 atom stereocenters. The predicted octanol–water partition coefficient (Wildman–Crippen LogP) is 3.29. The molecule has 3 aromatic carbocycles. The monoisotopic (exact) mass is 437 g/mol. The van der Waals surface area contributed by atoms with Gasteiger partial charge in [0.05, 0.1) is 5.56 Å². The minimum absolute atomic E-state index is 0. The zero-order valence-electron chi connectivity index (χ0n) is 16.6. The summed E-state index contributed by atoms with van der Waals surface area (Å²) in [6.45, 7) is 0.777. The molecule has 0 aromatic heterocycles. The van der Waals surface area contributed by atoms with E-state index in [9.17, 15) is 18.0 Å². The van der Waals surface area contributed by atoms with E-state index in [0.717, 1.165) is 12.1 Å². The Balaban J connectivity index is 0.000000444. The van der Waals surface area contributed by atoms with Gasteiger partial charge in [-0.05, 0) is 35.4 Å². The highest BCUT2D eigenvalue weighted by Crippen LogP contribution is 2.28. The standard InChI is InChI=1S/C8H8F3NO.C7H7NO.C7H9N.H2O/c9-8(10,11)7-3-1-6(2-4-7)5-12-13;8-7(9)6-4-2-1-3-5-6;8-6-7-4-2-1-3-5-7;/h1-4,12-13H,5H2;1-5H,(H2,8,9);1-5H,6,8H2;1H2. The molecule has 3 rings (SSSR count). The summed E-state index contributed by atoms with van der Waals surface area (Å²) in [5.74, 6) is -0.379. The Morgan fingerprint density at radius 3 is 1.65 bits per heavy atom. The predicted molar refractivity (Wildman–Crippen MR) is 113 cm³/mol. The van der Waals surface area contributed by atoms with Crippen molar-refractivity contribution < 1.29 is 28.6 Å². The Morgan fingerprint density at radius 1 is 0.839 bits per heavy atom. The first-order chi connectivity index (χ1) is 14.3. The number of rotatable bonds is 4. The van der Waals surface area contributed by atoms with Gasteiger partial charge in [-0.1, -0.05) is 60.7 Å². The molecule has 0 unspecified atom stereocenters. The highest BCUT2D eigenvalue weighted by atomic mass is 19.4. The van der Waals surface area contributed by atoms with E-state index >= 15 is 0 Å². The normalized spacial score (nSPS) is 9.84. The Hall–Kier alpha value is -3.24. The maximum Gasteiger partial charge on any atom is 0.416 e. The summed E-state index contributed by atoms with van der Waals surface area (Å²) < 4.78 is 36.1. The van der Waals surface area contributed by atoms with E-state index in [1.54, 1.807) is 24.3 Å². The number of nitrogens with one attached hydrogen (secondary N) is 1. The molecule has 0 aliphatic carbocycles. The van der Waals surface area contributed by atoms with Gasteiger partial charge in [0, 0.05) is 18.7 Å². The van der Waals surface area contributed by atoms with Gasteiger partial charge < -0.3 is 22.2 Å². The molecule has 0 heterocycles. The molecule has 3 aromatic rings. The first-order valence-electron chi connectivity index (χ1n) is 8.89. The molecule has 0 aliphatic rings. The Bertz CT molecular complexity index is 860. The lowest BCUT2D eigenvalue weighted by molar-refractivity contribution is -0.137. The van der Waals surface area contributed by atoms with E-state index in [1.807, 2.05) is 41.9 Å². The molecule has 0 aliphatic heterocycles. The number of alkyl halides is 3. The zero-order valence-corrected chi connectivity index (χ0v) is 16.6. The molecule has 31 heavy (non-hydrogen) atoms. The quantitative estimate of drug-likeness (QED) is 0.466. The lowest BCUT2D eigenvalue weighted by Gasteiger charge is -2.06. The average Bonchev–Trinajstić information content (AvgIpc) is 2.76. The van der Waals surface area contributed by atoms with Crippen LogP contribution < -0.4 is 16.9 Å². The van der Waals surface area contributed by atoms with Crippen LogP contribution in [0.2, 0.25) is 0 Å². The molecule has 9 heteroatoms. The van der Waals surface area contributed by atoms with Crippen molar-refractivity contribution in [2.75, 3.05) is 0 Å². The third-order valence-corrected chi connectivity index (χ3v) is 3.70. The van der Waals surface area contributed by atoms with E-state index in [-0.39, 0.29) is 17.9 Å². The molecule has 0 saturated carbocycles. The molecule has 6 nitrogen and oxygen atoms in total. The van der Waals surface area contributed by atoms with Crippen LogP contribution in [0.3, 0.4) is 0 Å². The minimum atomic E-state index is -4.30. The van der Waals surface area contributed by atoms with E-state index in [4.69, 9.17) is 16.7 Å². The van der Waals surface area contributed by atoms with Crippen molar-refractivity contribution in [3.8, 4) is 0 Å². The van der Waals surface area contributed by atoms with Gasteiger partial charge in [0.1, 0.15) is 0 Å². The number of carbonyl (C=O) groups is 1. The molecule has 1 amide bonds. The summed E-state index contributed by atoms with van der Waals surface area (Å²) in [6, 6.07) is 23.3. The van der Waals surface area contributed by atoms with Crippen molar-refractivity contribution in [3.05, 3.63) is 107 Å². The topological polar surface area (TPSA) is 133 Å². The fourth-order valence-electron chi connectivity index (χ4n) is 2.12. The van der Waals surface area contributed by atoms with Gasteiger partial charge in [-0.2, -0.15) is 13.2 Å². The molecule has 0 radical (unpaired) electrons. The highest BCUT2D eigenvalue weighted by Gasteiger charge is 2.29. The molecular weight excluding hydrogens is 411 g/mol. The van der Waals surface area contributed by atoms with Crippen LogP contribution in [0.25, 0.3) is 0 Å². The summed E-state index contributed by atoms with van der Waals surface area (Å²) in [7, 11) is 0. The van der Waals surface area contributed by atoms with Crippen LogP contribution in [0.15, 0.2) is 84.9 Å². The zero-order chi connectivity index (χ0) is 22.4. The maximum absolute atomic E-state index is 12.0. The maximum atomic E-state index is 12.0. The lowest BCUT2D eigenvalue weighted by atomic mass is 10.1. The number of hydrogen-bond donors (Lipinski definition) is 4.